The molecule has 1 amide bonds. The molecule has 4 rings (SSSR count). The molecule has 1 aliphatic heterocycles. The van der Waals surface area contributed by atoms with Crippen LogP contribution in [-0.2, 0) is 4.79 Å². The molecule has 0 spiro atoms. The van der Waals surface area contributed by atoms with Crippen LogP contribution in [0.15, 0.2) is 77.4 Å². The second kappa shape index (κ2) is 8.40. The van der Waals surface area contributed by atoms with Crippen LogP contribution in [0.4, 0.5) is 5.69 Å². The molecule has 1 heterocycles. The molecule has 0 saturated heterocycles. The fourth-order valence-electron chi connectivity index (χ4n) is 3.70. The standard InChI is InChI=1S/C26H23ClN2O2/c1-16(2)20-15-22(17(3)13-24(20)30)29-23(14-19-11-7-8-12-21(19)27)26(31)28-25(29)18-9-5-4-6-10-18/h4-16,30H,1-3H3/b23-14+. The van der Waals surface area contributed by atoms with E-state index in [2.05, 4.69) is 4.99 Å². The summed E-state index contributed by atoms with van der Waals surface area (Å²) in [5.41, 5.74) is 4.43. The highest BCUT2D eigenvalue weighted by molar-refractivity contribution is 6.33. The Balaban J connectivity index is 1.95. The summed E-state index contributed by atoms with van der Waals surface area (Å²) in [6, 6.07) is 20.7. The predicted octanol–water partition coefficient (Wildman–Crippen LogP) is 6.31. The van der Waals surface area contributed by atoms with Crippen LogP contribution in [-0.4, -0.2) is 16.8 Å². The number of halogens is 1. The molecule has 0 saturated carbocycles. The van der Waals surface area contributed by atoms with E-state index in [1.807, 2.05) is 80.3 Å². The van der Waals surface area contributed by atoms with Crippen LogP contribution in [0.2, 0.25) is 5.02 Å². The van der Waals surface area contributed by atoms with Gasteiger partial charge in [0.2, 0.25) is 0 Å². The molecule has 3 aromatic rings. The highest BCUT2D eigenvalue weighted by Crippen LogP contribution is 2.38. The molecule has 0 bridgehead atoms. The van der Waals surface area contributed by atoms with Crippen molar-refractivity contribution >= 4 is 35.1 Å². The number of aryl methyl sites for hydroxylation is 1. The van der Waals surface area contributed by atoms with Crippen molar-refractivity contribution in [1.82, 2.24) is 0 Å². The Labute approximate surface area is 187 Å². The lowest BCUT2D eigenvalue weighted by atomic mass is 9.98. The van der Waals surface area contributed by atoms with E-state index in [0.717, 1.165) is 27.9 Å². The summed E-state index contributed by atoms with van der Waals surface area (Å²) < 4.78 is 0. The van der Waals surface area contributed by atoms with Crippen LogP contribution in [0.25, 0.3) is 6.08 Å². The Bertz CT molecular complexity index is 1210. The van der Waals surface area contributed by atoms with Crippen molar-refractivity contribution in [3.63, 3.8) is 0 Å². The number of hydrogen-bond acceptors (Lipinski definition) is 3. The van der Waals surface area contributed by atoms with E-state index in [-0.39, 0.29) is 17.6 Å². The minimum absolute atomic E-state index is 0.116. The Morgan fingerprint density at radius 2 is 1.71 bits per heavy atom. The topological polar surface area (TPSA) is 52.9 Å². The summed E-state index contributed by atoms with van der Waals surface area (Å²) in [6.07, 6.45) is 1.77. The van der Waals surface area contributed by atoms with E-state index >= 15 is 0 Å². The molecule has 0 atom stereocenters. The number of carbonyl (C=O) groups excluding carboxylic acids is 1. The Morgan fingerprint density at radius 3 is 2.39 bits per heavy atom. The normalized spacial score (nSPS) is 15.1. The Hall–Kier alpha value is -3.37. The third-order valence-electron chi connectivity index (χ3n) is 5.32. The van der Waals surface area contributed by atoms with Crippen LogP contribution < -0.4 is 4.90 Å². The van der Waals surface area contributed by atoms with Crippen molar-refractivity contribution in [2.24, 2.45) is 4.99 Å². The molecule has 3 aromatic carbocycles. The summed E-state index contributed by atoms with van der Waals surface area (Å²) in [5, 5.41) is 11.0. The number of anilines is 1. The number of nitrogens with zero attached hydrogens (tertiary/aromatic N) is 2. The highest BCUT2D eigenvalue weighted by Gasteiger charge is 2.33. The first kappa shape index (κ1) is 20.9. The number of rotatable bonds is 4. The van der Waals surface area contributed by atoms with E-state index in [1.54, 1.807) is 18.2 Å². The molecular formula is C26H23ClN2O2. The predicted molar refractivity (Wildman–Crippen MR) is 127 cm³/mol. The molecule has 156 valence electrons. The van der Waals surface area contributed by atoms with E-state index < -0.39 is 0 Å². The van der Waals surface area contributed by atoms with Gasteiger partial charge in [0.15, 0.2) is 0 Å². The SMILES string of the molecule is Cc1cc(O)c(C(C)C)cc1N1C(c2ccccc2)=NC(=O)/C1=C\c1ccccc1Cl. The largest absolute Gasteiger partial charge is 0.508 e. The van der Waals surface area contributed by atoms with E-state index in [4.69, 9.17) is 11.6 Å². The van der Waals surface area contributed by atoms with Crippen molar-refractivity contribution in [2.45, 2.75) is 26.7 Å². The molecule has 1 aliphatic rings. The monoisotopic (exact) mass is 430 g/mol. The molecular weight excluding hydrogens is 408 g/mol. The molecule has 4 nitrogen and oxygen atoms in total. The first-order valence-electron chi connectivity index (χ1n) is 10.1. The molecule has 31 heavy (non-hydrogen) atoms. The number of amides is 1. The van der Waals surface area contributed by atoms with Gasteiger partial charge < -0.3 is 5.11 Å². The summed E-state index contributed by atoms with van der Waals surface area (Å²) in [6.45, 7) is 5.96. The van der Waals surface area contributed by atoms with Crippen molar-refractivity contribution < 1.29 is 9.90 Å². The number of aromatic hydroxyl groups is 1. The van der Waals surface area contributed by atoms with E-state index in [0.29, 0.717) is 16.6 Å². The lowest BCUT2D eigenvalue weighted by molar-refractivity contribution is -0.113. The van der Waals surface area contributed by atoms with Crippen LogP contribution in [0, 0.1) is 6.92 Å². The number of aliphatic imine (C=N–C) groups is 1. The van der Waals surface area contributed by atoms with Crippen molar-refractivity contribution in [2.75, 3.05) is 4.90 Å². The number of amidine groups is 1. The van der Waals surface area contributed by atoms with Crippen molar-refractivity contribution in [1.29, 1.82) is 0 Å². The molecule has 0 fully saturated rings. The zero-order valence-corrected chi connectivity index (χ0v) is 18.4. The van der Waals surface area contributed by atoms with Crippen LogP contribution in [0.1, 0.15) is 42.0 Å². The van der Waals surface area contributed by atoms with Crippen LogP contribution >= 0.6 is 11.6 Å². The quantitative estimate of drug-likeness (QED) is 0.493. The second-order valence-corrected chi connectivity index (χ2v) is 8.25. The van der Waals surface area contributed by atoms with Gasteiger partial charge >= 0.3 is 0 Å². The summed E-state index contributed by atoms with van der Waals surface area (Å²) in [4.78, 5) is 19.3. The second-order valence-electron chi connectivity index (χ2n) is 7.85. The summed E-state index contributed by atoms with van der Waals surface area (Å²) in [7, 11) is 0. The first-order chi connectivity index (χ1) is 14.9. The molecule has 0 unspecified atom stereocenters. The molecule has 1 N–H and O–H groups in total. The van der Waals surface area contributed by atoms with E-state index in [9.17, 15) is 9.90 Å². The smallest absolute Gasteiger partial charge is 0.296 e. The van der Waals surface area contributed by atoms with Gasteiger partial charge in [-0.2, -0.15) is 4.99 Å². The van der Waals surface area contributed by atoms with Crippen molar-refractivity contribution in [3.8, 4) is 5.75 Å². The number of phenolic OH excluding ortho intramolecular Hbond substituents is 1. The van der Waals surface area contributed by atoms with E-state index in [1.165, 1.54) is 0 Å². The maximum Gasteiger partial charge on any atom is 0.296 e. The number of hydrogen-bond donors (Lipinski definition) is 1. The maximum absolute atomic E-state index is 13.1. The number of carbonyl (C=O) groups is 1. The highest BCUT2D eigenvalue weighted by atomic mass is 35.5. The van der Waals surface area contributed by atoms with Crippen molar-refractivity contribution in [3.05, 3.63) is 99.7 Å². The van der Waals surface area contributed by atoms with Gasteiger partial charge in [0.1, 0.15) is 17.3 Å². The zero-order chi connectivity index (χ0) is 22.1. The number of benzene rings is 3. The fraction of sp³-hybridized carbons (Fsp3) is 0.154. The average molecular weight is 431 g/mol. The zero-order valence-electron chi connectivity index (χ0n) is 17.6. The summed E-state index contributed by atoms with van der Waals surface area (Å²) >= 11 is 6.37. The average Bonchev–Trinajstić information content (AvgIpc) is 3.06. The first-order valence-corrected chi connectivity index (χ1v) is 10.5. The van der Waals surface area contributed by atoms with Gasteiger partial charge in [-0.3, -0.25) is 9.69 Å². The van der Waals surface area contributed by atoms with Gasteiger partial charge in [-0.15, -0.1) is 0 Å². The lowest BCUT2D eigenvalue weighted by Crippen LogP contribution is -2.28. The molecule has 0 aliphatic carbocycles. The van der Waals surface area contributed by atoms with Gasteiger partial charge in [-0.05, 0) is 53.8 Å². The summed E-state index contributed by atoms with van der Waals surface area (Å²) in [5.74, 6) is 0.576. The molecule has 0 radical (unpaired) electrons. The Kier molecular flexibility index (Phi) is 5.66. The number of phenols is 1. The third kappa shape index (κ3) is 3.99. The molecule has 5 heteroatoms. The van der Waals surface area contributed by atoms with Gasteiger partial charge in [-0.1, -0.05) is 74.0 Å². The van der Waals surface area contributed by atoms with Gasteiger partial charge in [-0.25, -0.2) is 0 Å². The maximum atomic E-state index is 13.1. The minimum atomic E-state index is -0.336. The van der Waals surface area contributed by atoms with Gasteiger partial charge in [0, 0.05) is 10.6 Å². The van der Waals surface area contributed by atoms with Gasteiger partial charge in [0.05, 0.1) is 5.69 Å². The van der Waals surface area contributed by atoms with Gasteiger partial charge in [0.25, 0.3) is 5.91 Å². The van der Waals surface area contributed by atoms with Crippen LogP contribution in [0.5, 0.6) is 5.75 Å². The third-order valence-corrected chi connectivity index (χ3v) is 5.66. The lowest BCUT2D eigenvalue weighted by Gasteiger charge is -2.25. The minimum Gasteiger partial charge on any atom is -0.508 e. The Morgan fingerprint density at radius 1 is 1.03 bits per heavy atom. The fourth-order valence-corrected chi connectivity index (χ4v) is 3.89. The molecule has 0 aromatic heterocycles. The van der Waals surface area contributed by atoms with Crippen LogP contribution in [0.3, 0.4) is 0 Å².